The van der Waals surface area contributed by atoms with Crippen molar-refractivity contribution in [1.29, 1.82) is 0 Å². The number of Topliss-reactive ketones (excluding diaryl/α,β-unsaturated/α-hetero) is 1. The summed E-state index contributed by atoms with van der Waals surface area (Å²) in [5, 5.41) is 0.429. The number of aromatic nitrogens is 1. The molecule has 1 aromatic heterocycles. The Balaban J connectivity index is 2.46. The van der Waals surface area contributed by atoms with Crippen molar-refractivity contribution in [3.63, 3.8) is 0 Å². The van der Waals surface area contributed by atoms with Gasteiger partial charge in [0.15, 0.2) is 0 Å². The van der Waals surface area contributed by atoms with E-state index in [0.29, 0.717) is 11.9 Å². The molecule has 1 amide bonds. The van der Waals surface area contributed by atoms with Gasteiger partial charge in [0, 0.05) is 25.2 Å². The van der Waals surface area contributed by atoms with E-state index in [2.05, 4.69) is 4.98 Å². The Morgan fingerprint density at radius 3 is 2.78 bits per heavy atom. The Morgan fingerprint density at radius 2 is 2.11 bits per heavy atom. The summed E-state index contributed by atoms with van der Waals surface area (Å²) in [7, 11) is 1.55. The van der Waals surface area contributed by atoms with Gasteiger partial charge in [-0.3, -0.25) is 9.59 Å². The van der Waals surface area contributed by atoms with Gasteiger partial charge < -0.3 is 9.88 Å². The highest BCUT2D eigenvalue weighted by Gasteiger charge is 2.22. The number of halogens is 1. The molecule has 0 atom stereocenters. The minimum atomic E-state index is -0.629. The number of hydrogen-bond acceptors (Lipinski definition) is 2. The Labute approximate surface area is 103 Å². The van der Waals surface area contributed by atoms with Gasteiger partial charge in [-0.05, 0) is 13.0 Å². The highest BCUT2D eigenvalue weighted by molar-refractivity contribution is 6.44. The zero-order valence-electron chi connectivity index (χ0n) is 10.2. The van der Waals surface area contributed by atoms with Crippen molar-refractivity contribution < 1.29 is 14.0 Å². The molecule has 0 radical (unpaired) electrons. The lowest BCUT2D eigenvalue weighted by Crippen LogP contribution is -2.32. The Kier molecular flexibility index (Phi) is 3.14. The summed E-state index contributed by atoms with van der Waals surface area (Å²) < 4.78 is 13.5. The lowest BCUT2D eigenvalue weighted by atomic mass is 10.1. The molecule has 18 heavy (non-hydrogen) atoms. The van der Waals surface area contributed by atoms with Gasteiger partial charge in [0.1, 0.15) is 5.82 Å². The van der Waals surface area contributed by atoms with E-state index in [-0.39, 0.29) is 11.1 Å². The molecular weight excluding hydrogens is 235 g/mol. The monoisotopic (exact) mass is 248 g/mol. The number of hydrogen-bond donors (Lipinski definition) is 1. The van der Waals surface area contributed by atoms with Gasteiger partial charge in [-0.1, -0.05) is 12.1 Å². The zero-order valence-corrected chi connectivity index (χ0v) is 10.2. The molecule has 0 bridgehead atoms. The van der Waals surface area contributed by atoms with E-state index in [0.717, 1.165) is 0 Å². The fraction of sp³-hybridized carbons (Fsp3) is 0.231. The standard InChI is InChI=1S/C13H13FN2O2/c1-3-16(2)13(18)12(17)9-7-15-11-8(9)5-4-6-10(11)14/h4-7,15H,3H2,1-2H3. The molecule has 0 fully saturated rings. The normalized spacial score (nSPS) is 10.6. The van der Waals surface area contributed by atoms with E-state index in [1.54, 1.807) is 20.0 Å². The van der Waals surface area contributed by atoms with Gasteiger partial charge in [-0.25, -0.2) is 4.39 Å². The van der Waals surface area contributed by atoms with Crippen LogP contribution in [0.3, 0.4) is 0 Å². The number of aromatic amines is 1. The molecule has 94 valence electrons. The third-order valence-electron chi connectivity index (χ3n) is 2.92. The summed E-state index contributed by atoms with van der Waals surface area (Å²) in [5.41, 5.74) is 0.447. The minimum Gasteiger partial charge on any atom is -0.358 e. The van der Waals surface area contributed by atoms with Crippen molar-refractivity contribution in [3.8, 4) is 0 Å². The molecule has 0 aliphatic carbocycles. The molecule has 1 aromatic carbocycles. The van der Waals surface area contributed by atoms with Crippen molar-refractivity contribution in [2.24, 2.45) is 0 Å². The van der Waals surface area contributed by atoms with Crippen LogP contribution in [0.2, 0.25) is 0 Å². The summed E-state index contributed by atoms with van der Waals surface area (Å²) >= 11 is 0. The number of rotatable bonds is 3. The molecule has 1 heterocycles. The average molecular weight is 248 g/mol. The van der Waals surface area contributed by atoms with Crippen LogP contribution in [-0.4, -0.2) is 35.2 Å². The van der Waals surface area contributed by atoms with Crippen LogP contribution in [0.1, 0.15) is 17.3 Å². The first kappa shape index (κ1) is 12.3. The van der Waals surface area contributed by atoms with Gasteiger partial charge in [0.05, 0.1) is 11.1 Å². The summed E-state index contributed by atoms with van der Waals surface area (Å²) in [4.78, 5) is 27.8. The average Bonchev–Trinajstić information content (AvgIpc) is 2.81. The second-order valence-electron chi connectivity index (χ2n) is 4.01. The Bertz CT molecular complexity index is 618. The summed E-state index contributed by atoms with van der Waals surface area (Å²) in [5.74, 6) is -1.67. The number of para-hydroxylation sites is 1. The van der Waals surface area contributed by atoms with Gasteiger partial charge in [-0.15, -0.1) is 0 Å². The first-order valence-electron chi connectivity index (χ1n) is 5.61. The van der Waals surface area contributed by atoms with Gasteiger partial charge in [0.25, 0.3) is 11.7 Å². The van der Waals surface area contributed by atoms with Crippen LogP contribution in [0, 0.1) is 5.82 Å². The molecule has 5 heteroatoms. The van der Waals surface area contributed by atoms with Crippen molar-refractivity contribution in [3.05, 3.63) is 35.8 Å². The number of benzene rings is 1. The van der Waals surface area contributed by atoms with E-state index < -0.39 is 17.5 Å². The number of likely N-dealkylation sites (N-methyl/N-ethyl adjacent to an activating group) is 1. The van der Waals surface area contributed by atoms with Crippen LogP contribution >= 0.6 is 0 Å². The van der Waals surface area contributed by atoms with Crippen LogP contribution in [0.25, 0.3) is 10.9 Å². The fourth-order valence-electron chi connectivity index (χ4n) is 1.74. The van der Waals surface area contributed by atoms with Crippen LogP contribution < -0.4 is 0 Å². The maximum Gasteiger partial charge on any atom is 0.294 e. The molecule has 0 aliphatic heterocycles. The second kappa shape index (κ2) is 4.60. The molecule has 0 saturated carbocycles. The number of nitrogens with zero attached hydrogens (tertiary/aromatic N) is 1. The number of carbonyl (C=O) groups is 2. The van der Waals surface area contributed by atoms with E-state index in [4.69, 9.17) is 0 Å². The van der Waals surface area contributed by atoms with Crippen molar-refractivity contribution in [1.82, 2.24) is 9.88 Å². The number of nitrogens with one attached hydrogen (secondary N) is 1. The maximum absolute atomic E-state index is 13.5. The van der Waals surface area contributed by atoms with Crippen LogP contribution in [0.5, 0.6) is 0 Å². The highest BCUT2D eigenvalue weighted by Crippen LogP contribution is 2.21. The van der Waals surface area contributed by atoms with E-state index >= 15 is 0 Å². The fourth-order valence-corrected chi connectivity index (χ4v) is 1.74. The molecule has 1 N–H and O–H groups in total. The lowest BCUT2D eigenvalue weighted by Gasteiger charge is -2.12. The molecule has 0 spiro atoms. The first-order valence-corrected chi connectivity index (χ1v) is 5.61. The molecule has 0 aliphatic rings. The number of amides is 1. The van der Waals surface area contributed by atoms with Crippen LogP contribution in [0.4, 0.5) is 4.39 Å². The van der Waals surface area contributed by atoms with Gasteiger partial charge in [-0.2, -0.15) is 0 Å². The molecule has 2 aromatic rings. The number of H-pyrrole nitrogens is 1. The minimum absolute atomic E-state index is 0.204. The first-order chi connectivity index (χ1) is 8.56. The van der Waals surface area contributed by atoms with Crippen molar-refractivity contribution >= 4 is 22.6 Å². The topological polar surface area (TPSA) is 53.2 Å². The van der Waals surface area contributed by atoms with Crippen LogP contribution in [-0.2, 0) is 4.79 Å². The maximum atomic E-state index is 13.5. The molecule has 0 unspecified atom stereocenters. The predicted molar refractivity (Wildman–Crippen MR) is 65.9 cm³/mol. The molecule has 0 saturated heterocycles. The largest absolute Gasteiger partial charge is 0.358 e. The smallest absolute Gasteiger partial charge is 0.294 e. The highest BCUT2D eigenvalue weighted by atomic mass is 19.1. The Morgan fingerprint density at radius 1 is 1.39 bits per heavy atom. The quantitative estimate of drug-likeness (QED) is 0.667. The van der Waals surface area contributed by atoms with Crippen molar-refractivity contribution in [2.75, 3.05) is 13.6 Å². The van der Waals surface area contributed by atoms with E-state index in [1.165, 1.54) is 23.2 Å². The lowest BCUT2D eigenvalue weighted by molar-refractivity contribution is -0.125. The van der Waals surface area contributed by atoms with E-state index in [9.17, 15) is 14.0 Å². The molecular formula is C13H13FN2O2. The van der Waals surface area contributed by atoms with E-state index in [1.807, 2.05) is 0 Å². The summed E-state index contributed by atoms with van der Waals surface area (Å²) in [6.45, 7) is 2.22. The molecule has 2 rings (SSSR count). The van der Waals surface area contributed by atoms with Gasteiger partial charge >= 0.3 is 0 Å². The Hall–Kier alpha value is -2.17. The van der Waals surface area contributed by atoms with Crippen LogP contribution in [0.15, 0.2) is 24.4 Å². The van der Waals surface area contributed by atoms with Gasteiger partial charge in [0.2, 0.25) is 0 Å². The predicted octanol–water partition coefficient (Wildman–Crippen LogP) is 1.97. The summed E-state index contributed by atoms with van der Waals surface area (Å²) in [6.07, 6.45) is 1.37. The third kappa shape index (κ3) is 1.88. The van der Waals surface area contributed by atoms with Crippen molar-refractivity contribution in [2.45, 2.75) is 6.92 Å². The molecule has 4 nitrogen and oxygen atoms in total. The SMILES string of the molecule is CCN(C)C(=O)C(=O)c1c[nH]c2c(F)cccc12. The zero-order chi connectivity index (χ0) is 13.3. The second-order valence-corrected chi connectivity index (χ2v) is 4.01. The number of ketones is 1. The third-order valence-corrected chi connectivity index (χ3v) is 2.92. The number of fused-ring (bicyclic) bond motifs is 1. The number of carbonyl (C=O) groups excluding carboxylic acids is 2. The summed E-state index contributed by atoms with van der Waals surface area (Å²) in [6, 6.07) is 4.42.